The predicted molar refractivity (Wildman–Crippen MR) is 88.9 cm³/mol. The van der Waals surface area contributed by atoms with Crippen molar-refractivity contribution < 1.29 is 0 Å². The summed E-state index contributed by atoms with van der Waals surface area (Å²) in [5, 5.41) is 12.1. The SMILES string of the molecule is CCc1cc(=O)n2nc(Nc3cnn(-c4ncccn4)c3)sc2n1. The highest BCUT2D eigenvalue weighted by Gasteiger charge is 2.10. The molecule has 0 radical (unpaired) electrons. The number of aryl methyl sites for hydroxylation is 1. The topological polar surface area (TPSA) is 103 Å². The average Bonchev–Trinajstić information content (AvgIpc) is 3.23. The van der Waals surface area contributed by atoms with Gasteiger partial charge in [0.1, 0.15) is 0 Å². The molecule has 0 fully saturated rings. The van der Waals surface area contributed by atoms with Gasteiger partial charge in [0.15, 0.2) is 0 Å². The number of aromatic nitrogens is 7. The van der Waals surface area contributed by atoms with Gasteiger partial charge in [0.05, 0.1) is 18.1 Å². The summed E-state index contributed by atoms with van der Waals surface area (Å²) in [4.78, 5) is 25.2. The van der Waals surface area contributed by atoms with Crippen LogP contribution in [0.5, 0.6) is 0 Å². The van der Waals surface area contributed by atoms with Crippen LogP contribution in [-0.4, -0.2) is 34.3 Å². The highest BCUT2D eigenvalue weighted by molar-refractivity contribution is 7.20. The third kappa shape index (κ3) is 2.63. The van der Waals surface area contributed by atoms with Crippen molar-refractivity contribution in [1.82, 2.24) is 34.3 Å². The molecule has 1 N–H and O–H groups in total. The van der Waals surface area contributed by atoms with Gasteiger partial charge in [-0.2, -0.15) is 9.61 Å². The number of nitrogens with one attached hydrogen (secondary N) is 1. The Balaban J connectivity index is 1.64. The molecule has 4 aromatic heterocycles. The number of nitrogens with zero attached hydrogens (tertiary/aromatic N) is 7. The van der Waals surface area contributed by atoms with Gasteiger partial charge < -0.3 is 5.32 Å². The zero-order valence-corrected chi connectivity index (χ0v) is 13.4. The fourth-order valence-corrected chi connectivity index (χ4v) is 2.96. The molecule has 0 aliphatic heterocycles. The molecule has 4 heterocycles. The fraction of sp³-hybridized carbons (Fsp3) is 0.143. The summed E-state index contributed by atoms with van der Waals surface area (Å²) in [6, 6.07) is 3.24. The number of rotatable bonds is 4. The molecule has 4 rings (SSSR count). The highest BCUT2D eigenvalue weighted by atomic mass is 32.1. The van der Waals surface area contributed by atoms with Gasteiger partial charge in [0.2, 0.25) is 16.0 Å². The molecule has 4 aromatic rings. The van der Waals surface area contributed by atoms with Crippen LogP contribution in [0.2, 0.25) is 0 Å². The van der Waals surface area contributed by atoms with Crippen molar-refractivity contribution in [2.45, 2.75) is 13.3 Å². The second kappa shape index (κ2) is 5.81. The van der Waals surface area contributed by atoms with Crippen molar-refractivity contribution in [2.75, 3.05) is 5.32 Å². The summed E-state index contributed by atoms with van der Waals surface area (Å²) in [7, 11) is 0. The van der Waals surface area contributed by atoms with E-state index in [-0.39, 0.29) is 5.56 Å². The largest absolute Gasteiger partial charge is 0.327 e. The van der Waals surface area contributed by atoms with Crippen LogP contribution in [0.4, 0.5) is 10.8 Å². The van der Waals surface area contributed by atoms with Crippen molar-refractivity contribution >= 4 is 27.1 Å². The Labute approximate surface area is 139 Å². The lowest BCUT2D eigenvalue weighted by atomic mass is 10.3. The summed E-state index contributed by atoms with van der Waals surface area (Å²) in [5.41, 5.74) is 1.28. The maximum absolute atomic E-state index is 12.0. The van der Waals surface area contributed by atoms with Gasteiger partial charge in [0, 0.05) is 24.2 Å². The second-order valence-electron chi connectivity index (χ2n) is 4.89. The quantitative estimate of drug-likeness (QED) is 0.599. The highest BCUT2D eigenvalue weighted by Crippen LogP contribution is 2.21. The summed E-state index contributed by atoms with van der Waals surface area (Å²) in [6.07, 6.45) is 7.38. The third-order valence-corrected chi connectivity index (χ3v) is 4.08. The van der Waals surface area contributed by atoms with E-state index in [0.29, 0.717) is 28.1 Å². The maximum Gasteiger partial charge on any atom is 0.275 e. The van der Waals surface area contributed by atoms with Crippen LogP contribution in [0, 0.1) is 0 Å². The van der Waals surface area contributed by atoms with E-state index < -0.39 is 0 Å². The second-order valence-corrected chi connectivity index (χ2v) is 5.84. The molecular weight excluding hydrogens is 328 g/mol. The lowest BCUT2D eigenvalue weighted by Gasteiger charge is -1.97. The fourth-order valence-electron chi connectivity index (χ4n) is 2.12. The molecule has 10 heteroatoms. The van der Waals surface area contributed by atoms with E-state index in [9.17, 15) is 4.79 Å². The Hall–Kier alpha value is -3.14. The van der Waals surface area contributed by atoms with E-state index in [2.05, 4.69) is 30.5 Å². The molecule has 0 aliphatic carbocycles. The van der Waals surface area contributed by atoms with Crippen molar-refractivity contribution in [3.63, 3.8) is 0 Å². The minimum Gasteiger partial charge on any atom is -0.327 e. The van der Waals surface area contributed by atoms with Crippen molar-refractivity contribution in [3.05, 3.63) is 53.0 Å². The number of anilines is 2. The van der Waals surface area contributed by atoms with Gasteiger partial charge in [-0.15, -0.1) is 5.10 Å². The molecule has 24 heavy (non-hydrogen) atoms. The average molecular weight is 340 g/mol. The lowest BCUT2D eigenvalue weighted by Crippen LogP contribution is -2.15. The molecular formula is C14H12N8OS. The molecule has 0 aromatic carbocycles. The summed E-state index contributed by atoms with van der Waals surface area (Å²) in [6.45, 7) is 1.96. The van der Waals surface area contributed by atoms with Gasteiger partial charge in [-0.05, 0) is 12.5 Å². The van der Waals surface area contributed by atoms with Gasteiger partial charge in [-0.1, -0.05) is 18.3 Å². The monoisotopic (exact) mass is 340 g/mol. The Kier molecular flexibility index (Phi) is 3.50. The summed E-state index contributed by atoms with van der Waals surface area (Å²) in [5.74, 6) is 0.473. The molecule has 120 valence electrons. The van der Waals surface area contributed by atoms with Gasteiger partial charge in [0.25, 0.3) is 5.56 Å². The van der Waals surface area contributed by atoms with Crippen LogP contribution in [0.1, 0.15) is 12.6 Å². The number of hydrogen-bond donors (Lipinski definition) is 1. The van der Waals surface area contributed by atoms with Crippen LogP contribution >= 0.6 is 11.3 Å². The van der Waals surface area contributed by atoms with Gasteiger partial charge >= 0.3 is 0 Å². The minimum atomic E-state index is -0.186. The third-order valence-electron chi connectivity index (χ3n) is 3.25. The summed E-state index contributed by atoms with van der Waals surface area (Å²) < 4.78 is 2.84. The molecule has 0 saturated carbocycles. The van der Waals surface area contributed by atoms with Crippen LogP contribution in [0.15, 0.2) is 41.7 Å². The van der Waals surface area contributed by atoms with Crippen LogP contribution in [0.25, 0.3) is 10.9 Å². The predicted octanol–water partition coefficient (Wildman–Crippen LogP) is 1.43. The van der Waals surface area contributed by atoms with E-state index in [0.717, 1.165) is 5.69 Å². The Morgan fingerprint density at radius 1 is 1.29 bits per heavy atom. The van der Waals surface area contributed by atoms with Gasteiger partial charge in [-0.25, -0.2) is 19.6 Å². The molecule has 0 aliphatic rings. The first-order valence-corrected chi connectivity index (χ1v) is 8.03. The normalized spacial score (nSPS) is 11.0. The Bertz CT molecular complexity index is 1050. The van der Waals surface area contributed by atoms with E-state index in [1.165, 1.54) is 21.9 Å². The van der Waals surface area contributed by atoms with E-state index in [4.69, 9.17) is 0 Å². The first-order chi connectivity index (χ1) is 11.7. The van der Waals surface area contributed by atoms with E-state index >= 15 is 0 Å². The zero-order chi connectivity index (χ0) is 16.5. The smallest absolute Gasteiger partial charge is 0.275 e. The van der Waals surface area contributed by atoms with E-state index in [1.807, 2.05) is 6.92 Å². The van der Waals surface area contributed by atoms with E-state index in [1.54, 1.807) is 35.5 Å². The first-order valence-electron chi connectivity index (χ1n) is 7.22. The van der Waals surface area contributed by atoms with Crippen molar-refractivity contribution in [1.29, 1.82) is 0 Å². The number of fused-ring (bicyclic) bond motifs is 1. The van der Waals surface area contributed by atoms with Crippen LogP contribution in [-0.2, 0) is 6.42 Å². The van der Waals surface area contributed by atoms with Crippen molar-refractivity contribution in [2.24, 2.45) is 0 Å². The minimum absolute atomic E-state index is 0.186. The Morgan fingerprint density at radius 3 is 2.92 bits per heavy atom. The molecule has 9 nitrogen and oxygen atoms in total. The molecule has 0 amide bonds. The Morgan fingerprint density at radius 2 is 2.12 bits per heavy atom. The molecule has 0 spiro atoms. The molecule has 0 unspecified atom stereocenters. The molecule has 0 bridgehead atoms. The maximum atomic E-state index is 12.0. The molecule has 0 atom stereocenters. The van der Waals surface area contributed by atoms with Crippen molar-refractivity contribution in [3.8, 4) is 5.95 Å². The zero-order valence-electron chi connectivity index (χ0n) is 12.6. The van der Waals surface area contributed by atoms with Crippen LogP contribution in [0.3, 0.4) is 0 Å². The molecule has 0 saturated heterocycles. The standard InChI is InChI=1S/C14H12N8OS/c1-2-9-6-11(23)22-14(19-9)24-13(20-22)18-10-7-17-21(8-10)12-15-4-3-5-16-12/h3-8H,2H2,1H3,(H,18,20). The van der Waals surface area contributed by atoms with Gasteiger partial charge in [-0.3, -0.25) is 4.79 Å². The number of hydrogen-bond acceptors (Lipinski definition) is 8. The van der Waals surface area contributed by atoms with Crippen LogP contribution < -0.4 is 10.9 Å². The summed E-state index contributed by atoms with van der Waals surface area (Å²) >= 11 is 1.30. The lowest BCUT2D eigenvalue weighted by molar-refractivity contribution is 0.808. The first kappa shape index (κ1) is 14.5.